The number of aromatic nitrogens is 3. The maximum atomic E-state index is 8.89. The summed E-state index contributed by atoms with van der Waals surface area (Å²) < 4.78 is 0. The summed E-state index contributed by atoms with van der Waals surface area (Å²) in [5.74, 6) is 2.62. The van der Waals surface area contributed by atoms with Crippen molar-refractivity contribution >= 4 is 17.8 Å². The van der Waals surface area contributed by atoms with E-state index in [4.69, 9.17) is 20.1 Å². The largest absolute Gasteiger partial charge is 0.396 e. The van der Waals surface area contributed by atoms with Gasteiger partial charge in [-0.1, -0.05) is 12.8 Å². The zero-order valence-electron chi connectivity index (χ0n) is 17.8. The van der Waals surface area contributed by atoms with Crippen LogP contribution in [0.5, 0.6) is 0 Å². The van der Waals surface area contributed by atoms with Crippen molar-refractivity contribution in [1.29, 1.82) is 0 Å². The van der Waals surface area contributed by atoms with E-state index in [1.54, 1.807) is 0 Å². The summed E-state index contributed by atoms with van der Waals surface area (Å²) in [7, 11) is 0. The molecule has 8 heteroatoms. The van der Waals surface area contributed by atoms with Gasteiger partial charge in [-0.05, 0) is 45.1 Å². The van der Waals surface area contributed by atoms with Crippen LogP contribution in [-0.2, 0) is 0 Å². The second-order valence-electron chi connectivity index (χ2n) is 8.59. The van der Waals surface area contributed by atoms with Crippen molar-refractivity contribution < 1.29 is 5.11 Å². The first-order valence-corrected chi connectivity index (χ1v) is 11.7. The third kappa shape index (κ3) is 5.48. The quantitative estimate of drug-likeness (QED) is 0.625. The normalized spacial score (nSPS) is 20.8. The van der Waals surface area contributed by atoms with E-state index < -0.39 is 0 Å². The van der Waals surface area contributed by atoms with Crippen LogP contribution in [-0.4, -0.2) is 90.5 Å². The Morgan fingerprint density at radius 2 is 1.00 bits per heavy atom. The minimum Gasteiger partial charge on any atom is -0.396 e. The van der Waals surface area contributed by atoms with Gasteiger partial charge in [-0.2, -0.15) is 15.0 Å². The molecule has 29 heavy (non-hydrogen) atoms. The first-order valence-electron chi connectivity index (χ1n) is 11.7. The Morgan fingerprint density at radius 3 is 1.48 bits per heavy atom. The first-order chi connectivity index (χ1) is 14.3. The number of piperazine rings is 1. The molecule has 3 aliphatic rings. The molecule has 1 N–H and O–H groups in total. The van der Waals surface area contributed by atoms with Gasteiger partial charge in [0.1, 0.15) is 0 Å². The Bertz CT molecular complexity index is 589. The molecule has 4 rings (SSSR count). The van der Waals surface area contributed by atoms with Gasteiger partial charge in [-0.25, -0.2) is 0 Å². The van der Waals surface area contributed by atoms with E-state index in [0.29, 0.717) is 6.61 Å². The molecular formula is C21H37N7O. The number of aliphatic hydroxyl groups excluding tert-OH is 1. The molecule has 0 amide bonds. The molecule has 3 fully saturated rings. The molecule has 3 saturated heterocycles. The van der Waals surface area contributed by atoms with Crippen molar-refractivity contribution in [1.82, 2.24) is 19.9 Å². The average Bonchev–Trinajstić information content (AvgIpc) is 3.48. The molecule has 1 aromatic rings. The molecule has 0 spiro atoms. The lowest BCUT2D eigenvalue weighted by Gasteiger charge is -2.35. The van der Waals surface area contributed by atoms with E-state index in [1.165, 1.54) is 38.5 Å². The number of rotatable bonds is 9. The van der Waals surface area contributed by atoms with Gasteiger partial charge < -0.3 is 19.8 Å². The Morgan fingerprint density at radius 1 is 0.552 bits per heavy atom. The van der Waals surface area contributed by atoms with Crippen LogP contribution in [0.1, 0.15) is 51.4 Å². The maximum absolute atomic E-state index is 8.89. The van der Waals surface area contributed by atoms with Crippen LogP contribution in [0.15, 0.2) is 0 Å². The number of nitrogens with zero attached hydrogens (tertiary/aromatic N) is 7. The summed E-state index contributed by atoms with van der Waals surface area (Å²) in [6.07, 6.45) is 9.45. The fraction of sp³-hybridized carbons (Fsp3) is 0.857. The summed E-state index contributed by atoms with van der Waals surface area (Å²) >= 11 is 0. The van der Waals surface area contributed by atoms with E-state index in [9.17, 15) is 0 Å². The van der Waals surface area contributed by atoms with Crippen LogP contribution in [0, 0.1) is 0 Å². The number of anilines is 3. The van der Waals surface area contributed by atoms with Gasteiger partial charge in [0.05, 0.1) is 0 Å². The highest BCUT2D eigenvalue weighted by molar-refractivity contribution is 5.47. The van der Waals surface area contributed by atoms with Gasteiger partial charge in [0, 0.05) is 59.0 Å². The minimum absolute atomic E-state index is 0.323. The van der Waals surface area contributed by atoms with Crippen molar-refractivity contribution in [3.63, 3.8) is 0 Å². The molecule has 0 aliphatic carbocycles. The molecule has 0 bridgehead atoms. The molecule has 0 aromatic carbocycles. The molecule has 8 nitrogen and oxygen atoms in total. The van der Waals surface area contributed by atoms with Crippen molar-refractivity contribution in [2.75, 3.05) is 80.2 Å². The highest BCUT2D eigenvalue weighted by atomic mass is 16.2. The summed E-state index contributed by atoms with van der Waals surface area (Å²) in [6, 6.07) is 0. The molecule has 0 atom stereocenters. The van der Waals surface area contributed by atoms with Crippen LogP contribution in [0.4, 0.5) is 17.8 Å². The van der Waals surface area contributed by atoms with Crippen molar-refractivity contribution in [2.45, 2.75) is 51.4 Å². The number of hydrogen-bond donors (Lipinski definition) is 1. The van der Waals surface area contributed by atoms with E-state index in [0.717, 1.165) is 89.6 Å². The lowest BCUT2D eigenvalue weighted by molar-refractivity contribution is 0.246. The molecule has 3 aliphatic heterocycles. The lowest BCUT2D eigenvalue weighted by Crippen LogP contribution is -2.47. The lowest BCUT2D eigenvalue weighted by atomic mass is 10.2. The van der Waals surface area contributed by atoms with Gasteiger partial charge in [0.2, 0.25) is 17.8 Å². The van der Waals surface area contributed by atoms with Crippen molar-refractivity contribution in [2.24, 2.45) is 0 Å². The first kappa shape index (κ1) is 20.6. The Kier molecular flexibility index (Phi) is 7.38. The number of hydrogen-bond acceptors (Lipinski definition) is 8. The highest BCUT2D eigenvalue weighted by Gasteiger charge is 2.25. The fourth-order valence-electron chi connectivity index (χ4n) is 4.57. The van der Waals surface area contributed by atoms with E-state index in [2.05, 4.69) is 19.6 Å². The van der Waals surface area contributed by atoms with Gasteiger partial charge in [-0.3, -0.25) is 4.90 Å². The Hall–Kier alpha value is -1.67. The SMILES string of the molecule is OCCCCCCN1CCN(c2nc(N3CCCC3)nc(N3CCCC3)n2)CC1. The topological polar surface area (TPSA) is 71.9 Å². The zero-order valence-corrected chi connectivity index (χ0v) is 17.8. The van der Waals surface area contributed by atoms with Crippen molar-refractivity contribution in [3.8, 4) is 0 Å². The van der Waals surface area contributed by atoms with E-state index in [1.807, 2.05) is 0 Å². The van der Waals surface area contributed by atoms with Gasteiger partial charge in [-0.15, -0.1) is 0 Å². The second-order valence-corrected chi connectivity index (χ2v) is 8.59. The van der Waals surface area contributed by atoms with Gasteiger partial charge >= 0.3 is 0 Å². The fourth-order valence-corrected chi connectivity index (χ4v) is 4.57. The summed E-state index contributed by atoms with van der Waals surface area (Å²) in [4.78, 5) is 24.2. The second kappa shape index (κ2) is 10.4. The van der Waals surface area contributed by atoms with Crippen molar-refractivity contribution in [3.05, 3.63) is 0 Å². The predicted molar refractivity (Wildman–Crippen MR) is 117 cm³/mol. The molecule has 4 heterocycles. The highest BCUT2D eigenvalue weighted by Crippen LogP contribution is 2.24. The molecule has 162 valence electrons. The monoisotopic (exact) mass is 403 g/mol. The Balaban J connectivity index is 1.37. The molecule has 0 unspecified atom stereocenters. The third-order valence-electron chi connectivity index (χ3n) is 6.42. The van der Waals surface area contributed by atoms with Crippen LogP contribution in [0.25, 0.3) is 0 Å². The predicted octanol–water partition coefficient (Wildman–Crippen LogP) is 1.75. The van der Waals surface area contributed by atoms with Crippen LogP contribution >= 0.6 is 0 Å². The minimum atomic E-state index is 0.323. The molecule has 0 radical (unpaired) electrons. The van der Waals surface area contributed by atoms with Gasteiger partial charge in [0.25, 0.3) is 0 Å². The summed E-state index contributed by atoms with van der Waals surface area (Å²) in [5.41, 5.74) is 0. The van der Waals surface area contributed by atoms with Crippen LogP contribution < -0.4 is 14.7 Å². The molecule has 1 aromatic heterocycles. The number of aliphatic hydroxyl groups is 1. The van der Waals surface area contributed by atoms with Crippen LogP contribution in [0.3, 0.4) is 0 Å². The van der Waals surface area contributed by atoms with E-state index >= 15 is 0 Å². The zero-order chi connectivity index (χ0) is 19.9. The summed E-state index contributed by atoms with van der Waals surface area (Å²) in [6.45, 7) is 9.85. The third-order valence-corrected chi connectivity index (χ3v) is 6.42. The maximum Gasteiger partial charge on any atom is 0.232 e. The average molecular weight is 404 g/mol. The molecule has 0 saturated carbocycles. The van der Waals surface area contributed by atoms with Crippen LogP contribution in [0.2, 0.25) is 0 Å². The number of unbranched alkanes of at least 4 members (excludes halogenated alkanes) is 3. The molecular weight excluding hydrogens is 366 g/mol. The smallest absolute Gasteiger partial charge is 0.232 e. The summed E-state index contributed by atoms with van der Waals surface area (Å²) in [5, 5.41) is 8.89. The van der Waals surface area contributed by atoms with Gasteiger partial charge in [0.15, 0.2) is 0 Å². The van der Waals surface area contributed by atoms with E-state index in [-0.39, 0.29) is 0 Å². The standard InChI is InChI=1S/C21H37N7O/c29-18-8-2-1-3-9-25-14-16-28(17-15-25)21-23-19(26-10-4-5-11-26)22-20(24-21)27-12-6-7-13-27/h29H,1-18H2. The Labute approximate surface area is 174 Å².